The summed E-state index contributed by atoms with van der Waals surface area (Å²) < 4.78 is 38.8. The van der Waals surface area contributed by atoms with Crippen molar-refractivity contribution in [2.45, 2.75) is 56.2 Å². The van der Waals surface area contributed by atoms with Crippen LogP contribution in [-0.2, 0) is 14.8 Å². The fourth-order valence-corrected chi connectivity index (χ4v) is 5.27. The van der Waals surface area contributed by atoms with Gasteiger partial charge in [-0.1, -0.05) is 12.8 Å². The van der Waals surface area contributed by atoms with Crippen molar-refractivity contribution in [3.05, 3.63) is 17.9 Å². The zero-order valence-electron chi connectivity index (χ0n) is 13.9. The van der Waals surface area contributed by atoms with Crippen LogP contribution >= 0.6 is 0 Å². The Morgan fingerprint density at radius 3 is 2.43 bits per heavy atom. The first-order chi connectivity index (χ1) is 10.9. The molecule has 3 rings (SSSR count). The molecule has 0 spiro atoms. The molecule has 1 aliphatic heterocycles. The van der Waals surface area contributed by atoms with E-state index in [1.54, 1.807) is 13.0 Å². The normalized spacial score (nSPS) is 23.9. The Morgan fingerprint density at radius 1 is 1.22 bits per heavy atom. The average Bonchev–Trinajstić information content (AvgIpc) is 3.17. The lowest BCUT2D eigenvalue weighted by Gasteiger charge is -2.47. The molecular formula is C16H26N2O4S. The maximum Gasteiger partial charge on any atom is 0.274 e. The quantitative estimate of drug-likeness (QED) is 0.885. The van der Waals surface area contributed by atoms with E-state index < -0.39 is 10.0 Å². The van der Waals surface area contributed by atoms with E-state index in [-0.39, 0.29) is 16.7 Å². The molecule has 1 unspecified atom stereocenters. The summed E-state index contributed by atoms with van der Waals surface area (Å²) in [5, 5.41) is -0.00280. The zero-order valence-corrected chi connectivity index (χ0v) is 14.7. The second kappa shape index (κ2) is 6.55. The lowest BCUT2D eigenvalue weighted by Crippen LogP contribution is -2.62. The number of nitrogens with one attached hydrogen (secondary N) is 1. The first-order valence-electron chi connectivity index (χ1n) is 8.36. The molecule has 1 saturated carbocycles. The number of hydrogen-bond acceptors (Lipinski definition) is 5. The molecule has 1 N–H and O–H groups in total. The number of aryl methyl sites for hydroxylation is 1. The summed E-state index contributed by atoms with van der Waals surface area (Å²) in [6, 6.07) is 3.02. The predicted molar refractivity (Wildman–Crippen MR) is 86.8 cm³/mol. The van der Waals surface area contributed by atoms with E-state index in [4.69, 9.17) is 9.15 Å². The fourth-order valence-electron chi connectivity index (χ4n) is 3.98. The van der Waals surface area contributed by atoms with Crippen molar-refractivity contribution >= 4 is 10.0 Å². The largest absolute Gasteiger partial charge is 0.449 e. The van der Waals surface area contributed by atoms with Gasteiger partial charge in [-0.3, -0.25) is 4.90 Å². The number of morpholine rings is 1. The van der Waals surface area contributed by atoms with Gasteiger partial charge in [0, 0.05) is 24.7 Å². The Kier molecular flexibility index (Phi) is 4.83. The van der Waals surface area contributed by atoms with Gasteiger partial charge in [-0.15, -0.1) is 0 Å². The Hall–Kier alpha value is -0.890. The van der Waals surface area contributed by atoms with E-state index in [1.165, 1.54) is 6.07 Å². The fraction of sp³-hybridized carbons (Fsp3) is 0.750. The van der Waals surface area contributed by atoms with Gasteiger partial charge in [0.1, 0.15) is 5.76 Å². The van der Waals surface area contributed by atoms with Gasteiger partial charge in [-0.2, -0.15) is 0 Å². The second-order valence-corrected chi connectivity index (χ2v) is 8.26. The molecule has 1 aromatic rings. The minimum Gasteiger partial charge on any atom is -0.449 e. The Morgan fingerprint density at radius 2 is 1.87 bits per heavy atom. The van der Waals surface area contributed by atoms with E-state index in [0.717, 1.165) is 52.0 Å². The summed E-state index contributed by atoms with van der Waals surface area (Å²) >= 11 is 0. The second-order valence-electron chi connectivity index (χ2n) is 6.62. The van der Waals surface area contributed by atoms with Gasteiger partial charge in [0.05, 0.1) is 13.2 Å². The van der Waals surface area contributed by atoms with E-state index in [2.05, 4.69) is 9.62 Å². The summed E-state index contributed by atoms with van der Waals surface area (Å²) in [4.78, 5) is 2.42. The van der Waals surface area contributed by atoms with Gasteiger partial charge in [0.25, 0.3) is 10.0 Å². The zero-order chi connectivity index (χ0) is 16.5. The number of rotatable bonds is 5. The van der Waals surface area contributed by atoms with Gasteiger partial charge in [0.15, 0.2) is 0 Å². The third-order valence-corrected chi connectivity index (χ3v) is 6.64. The molecule has 0 aromatic carbocycles. The highest BCUT2D eigenvalue weighted by atomic mass is 32.2. The number of furan rings is 1. The summed E-state index contributed by atoms with van der Waals surface area (Å²) in [6.45, 7) is 6.90. The van der Waals surface area contributed by atoms with Crippen LogP contribution in [0.15, 0.2) is 21.6 Å². The molecule has 0 radical (unpaired) electrons. The Balaban J connectivity index is 1.80. The van der Waals surface area contributed by atoms with Crippen LogP contribution in [0.5, 0.6) is 0 Å². The molecule has 6 nitrogen and oxygen atoms in total. The number of ether oxygens (including phenoxy) is 1. The molecule has 0 bridgehead atoms. The van der Waals surface area contributed by atoms with Gasteiger partial charge < -0.3 is 9.15 Å². The van der Waals surface area contributed by atoms with Gasteiger partial charge in [0.2, 0.25) is 5.09 Å². The lowest BCUT2D eigenvalue weighted by atomic mass is 9.87. The molecule has 2 aliphatic rings. The third-order valence-electron chi connectivity index (χ3n) is 5.23. The van der Waals surface area contributed by atoms with E-state index >= 15 is 0 Å². The minimum absolute atomic E-state index is 0.00280. The van der Waals surface area contributed by atoms with Crippen molar-refractivity contribution in [1.82, 2.24) is 9.62 Å². The number of nitrogens with zero attached hydrogens (tertiary/aromatic N) is 1. The lowest BCUT2D eigenvalue weighted by molar-refractivity contribution is -0.0304. The smallest absolute Gasteiger partial charge is 0.274 e. The van der Waals surface area contributed by atoms with E-state index in [1.807, 2.05) is 6.92 Å². The molecule has 1 atom stereocenters. The SMILES string of the molecule is Cc1ccc(S(=O)(=O)NC(C)C2(N3CCOCC3)CCCC2)o1. The minimum atomic E-state index is -3.63. The molecule has 0 amide bonds. The molecule has 23 heavy (non-hydrogen) atoms. The first kappa shape index (κ1) is 17.0. The van der Waals surface area contributed by atoms with Gasteiger partial charge >= 0.3 is 0 Å². The molecular weight excluding hydrogens is 316 g/mol. The Bertz CT molecular complexity index is 628. The third kappa shape index (κ3) is 3.33. The monoisotopic (exact) mass is 342 g/mol. The maximum atomic E-state index is 12.6. The van der Waals surface area contributed by atoms with Crippen molar-refractivity contribution in [1.29, 1.82) is 0 Å². The van der Waals surface area contributed by atoms with Gasteiger partial charge in [-0.25, -0.2) is 13.1 Å². The van der Waals surface area contributed by atoms with Crippen molar-refractivity contribution in [3.63, 3.8) is 0 Å². The van der Waals surface area contributed by atoms with Crippen LogP contribution in [0.2, 0.25) is 0 Å². The molecule has 2 fully saturated rings. The van der Waals surface area contributed by atoms with Crippen LogP contribution in [-0.4, -0.2) is 51.2 Å². The highest BCUT2D eigenvalue weighted by molar-refractivity contribution is 7.89. The van der Waals surface area contributed by atoms with Crippen LogP contribution in [0.4, 0.5) is 0 Å². The van der Waals surface area contributed by atoms with Crippen LogP contribution < -0.4 is 4.72 Å². The molecule has 1 saturated heterocycles. The Labute approximate surface area is 138 Å². The molecule has 7 heteroatoms. The number of sulfonamides is 1. The maximum absolute atomic E-state index is 12.6. The summed E-state index contributed by atoms with van der Waals surface area (Å²) in [5.41, 5.74) is -0.113. The van der Waals surface area contributed by atoms with Crippen molar-refractivity contribution in [2.75, 3.05) is 26.3 Å². The molecule has 2 heterocycles. The first-order valence-corrected chi connectivity index (χ1v) is 9.84. The predicted octanol–water partition coefficient (Wildman–Crippen LogP) is 1.90. The summed E-state index contributed by atoms with van der Waals surface area (Å²) in [6.07, 6.45) is 4.33. The number of hydrogen-bond donors (Lipinski definition) is 1. The molecule has 1 aliphatic carbocycles. The summed E-state index contributed by atoms with van der Waals surface area (Å²) in [5.74, 6) is 0.599. The van der Waals surface area contributed by atoms with Crippen molar-refractivity contribution in [2.24, 2.45) is 0 Å². The van der Waals surface area contributed by atoms with Crippen LogP contribution in [0.25, 0.3) is 0 Å². The average molecular weight is 342 g/mol. The van der Waals surface area contributed by atoms with E-state index in [0.29, 0.717) is 5.76 Å². The van der Waals surface area contributed by atoms with Crippen molar-refractivity contribution < 1.29 is 17.6 Å². The highest BCUT2D eigenvalue weighted by Gasteiger charge is 2.46. The highest BCUT2D eigenvalue weighted by Crippen LogP contribution is 2.39. The van der Waals surface area contributed by atoms with Crippen LogP contribution in [0.1, 0.15) is 38.4 Å². The standard InChI is InChI=1S/C16H26N2O4S/c1-13-5-6-15(22-13)23(19,20)17-14(2)16(7-3-4-8-16)18-9-11-21-12-10-18/h5-6,14,17H,3-4,7-12H2,1-2H3. The van der Waals surface area contributed by atoms with Crippen molar-refractivity contribution in [3.8, 4) is 0 Å². The van der Waals surface area contributed by atoms with Crippen LogP contribution in [0, 0.1) is 6.92 Å². The van der Waals surface area contributed by atoms with Gasteiger partial charge in [-0.05, 0) is 38.8 Å². The molecule has 130 valence electrons. The van der Waals surface area contributed by atoms with E-state index in [9.17, 15) is 8.42 Å². The summed E-state index contributed by atoms with van der Waals surface area (Å²) in [7, 11) is -3.63. The van der Waals surface area contributed by atoms with Crippen LogP contribution in [0.3, 0.4) is 0 Å². The topological polar surface area (TPSA) is 71.8 Å². The molecule has 1 aromatic heterocycles.